The average Bonchev–Trinajstić information content (AvgIpc) is 3.52. The number of carbonyl (C=O) groups is 2. The molecule has 1 atom stereocenters. The predicted octanol–water partition coefficient (Wildman–Crippen LogP) is 3.81. The van der Waals surface area contributed by atoms with Crippen LogP contribution >= 0.6 is 0 Å². The van der Waals surface area contributed by atoms with Crippen molar-refractivity contribution < 1.29 is 23.1 Å². The number of carbonyl (C=O) groups excluding carboxylic acids is 2. The van der Waals surface area contributed by atoms with Crippen molar-refractivity contribution in [3.8, 4) is 0 Å². The highest BCUT2D eigenvalue weighted by Gasteiger charge is 2.31. The lowest BCUT2D eigenvalue weighted by Gasteiger charge is -2.27. The second-order valence-electron chi connectivity index (χ2n) is 9.17. The summed E-state index contributed by atoms with van der Waals surface area (Å²) in [5.74, 6) is -0.946. The van der Waals surface area contributed by atoms with Gasteiger partial charge in [0, 0.05) is 24.3 Å². The van der Waals surface area contributed by atoms with Gasteiger partial charge in [0.25, 0.3) is 5.91 Å². The molecule has 1 aliphatic carbocycles. The van der Waals surface area contributed by atoms with Crippen LogP contribution in [-0.4, -0.2) is 46.2 Å². The third kappa shape index (κ3) is 4.56. The summed E-state index contributed by atoms with van der Waals surface area (Å²) in [5.41, 5.74) is 1.04. The molecule has 1 saturated carbocycles. The monoisotopic (exact) mass is 483 g/mol. The summed E-state index contributed by atoms with van der Waals surface area (Å²) in [6.45, 7) is 0.642. The topological polar surface area (TPSA) is 88.8 Å². The van der Waals surface area contributed by atoms with Gasteiger partial charge in [-0.25, -0.2) is 18.3 Å². The maximum Gasteiger partial charge on any atom is 0.308 e. The summed E-state index contributed by atoms with van der Waals surface area (Å²) < 4.78 is 34.7. The Morgan fingerprint density at radius 1 is 1.11 bits per heavy atom. The first kappa shape index (κ1) is 23.2. The maximum atomic E-state index is 14.5. The van der Waals surface area contributed by atoms with Gasteiger partial charge in [0.2, 0.25) is 0 Å². The van der Waals surface area contributed by atoms with Crippen LogP contribution in [0.2, 0.25) is 0 Å². The van der Waals surface area contributed by atoms with E-state index < -0.39 is 11.6 Å². The second kappa shape index (κ2) is 9.59. The van der Waals surface area contributed by atoms with Gasteiger partial charge in [0.15, 0.2) is 5.65 Å². The van der Waals surface area contributed by atoms with E-state index in [1.807, 2.05) is 4.90 Å². The molecule has 1 N–H and O–H groups in total. The summed E-state index contributed by atoms with van der Waals surface area (Å²) in [6.07, 6.45) is 7.41. The number of methoxy groups -OCH3 is 1. The smallest absolute Gasteiger partial charge is 0.308 e. The Morgan fingerprint density at radius 3 is 2.69 bits per heavy atom. The fourth-order valence-corrected chi connectivity index (χ4v) is 5.22. The minimum atomic E-state index is -0.480. The van der Waals surface area contributed by atoms with Crippen molar-refractivity contribution in [3.63, 3.8) is 0 Å². The Hall–Kier alpha value is -3.56. The first-order chi connectivity index (χ1) is 16.9. The minimum Gasteiger partial charge on any atom is -0.469 e. The van der Waals surface area contributed by atoms with E-state index in [-0.39, 0.29) is 29.9 Å². The number of rotatable bonds is 5. The molecule has 1 amide bonds. The van der Waals surface area contributed by atoms with Crippen molar-refractivity contribution in [1.82, 2.24) is 19.9 Å². The van der Waals surface area contributed by atoms with E-state index in [1.54, 1.807) is 12.3 Å². The van der Waals surface area contributed by atoms with Crippen LogP contribution in [0.5, 0.6) is 0 Å². The Kier molecular flexibility index (Phi) is 6.36. The fraction of sp³-hybridized carbons (Fsp3) is 0.440. The van der Waals surface area contributed by atoms with Crippen LogP contribution in [0.15, 0.2) is 36.7 Å². The summed E-state index contributed by atoms with van der Waals surface area (Å²) >= 11 is 0. The van der Waals surface area contributed by atoms with Crippen LogP contribution in [0.1, 0.15) is 60.5 Å². The van der Waals surface area contributed by atoms with Crippen LogP contribution in [0.4, 0.5) is 14.6 Å². The highest BCUT2D eigenvalue weighted by atomic mass is 19.1. The summed E-state index contributed by atoms with van der Waals surface area (Å²) in [4.78, 5) is 31.4. The number of ether oxygens (including phenoxy) is 1. The number of anilines is 1. The number of nitrogens with one attached hydrogen (secondary N) is 1. The zero-order valence-electron chi connectivity index (χ0n) is 19.4. The lowest BCUT2D eigenvalue weighted by Crippen LogP contribution is -2.39. The molecule has 1 aliphatic heterocycles. The van der Waals surface area contributed by atoms with E-state index in [4.69, 9.17) is 9.72 Å². The molecular formula is C25H27F2N5O3. The number of fused-ring (bicyclic) bond motifs is 1. The van der Waals surface area contributed by atoms with E-state index in [0.717, 1.165) is 18.6 Å². The number of halogens is 2. The molecule has 0 spiro atoms. The van der Waals surface area contributed by atoms with Gasteiger partial charge in [0.1, 0.15) is 23.0 Å². The number of aromatic nitrogens is 3. The number of esters is 1. The lowest BCUT2D eigenvalue weighted by atomic mass is 9.86. The van der Waals surface area contributed by atoms with Crippen LogP contribution in [0.3, 0.4) is 0 Å². The number of hydrogen-bond donors (Lipinski definition) is 1. The molecule has 2 aromatic heterocycles. The summed E-state index contributed by atoms with van der Waals surface area (Å²) in [7, 11) is 1.39. The normalized spacial score (nSPS) is 22.4. The Labute approximate surface area is 201 Å². The van der Waals surface area contributed by atoms with Crippen molar-refractivity contribution >= 4 is 23.3 Å². The zero-order valence-corrected chi connectivity index (χ0v) is 19.4. The van der Waals surface area contributed by atoms with Crippen molar-refractivity contribution in [2.24, 2.45) is 5.92 Å². The van der Waals surface area contributed by atoms with Gasteiger partial charge in [-0.05, 0) is 62.8 Å². The minimum absolute atomic E-state index is 0.0412. The summed E-state index contributed by atoms with van der Waals surface area (Å²) in [6, 6.07) is 4.89. The van der Waals surface area contributed by atoms with E-state index in [2.05, 4.69) is 10.4 Å². The molecule has 2 fully saturated rings. The van der Waals surface area contributed by atoms with Crippen molar-refractivity contribution in [2.75, 3.05) is 18.6 Å². The predicted molar refractivity (Wildman–Crippen MR) is 124 cm³/mol. The average molecular weight is 484 g/mol. The molecule has 3 aromatic rings. The maximum absolute atomic E-state index is 14.5. The molecule has 35 heavy (non-hydrogen) atoms. The second-order valence-corrected chi connectivity index (χ2v) is 9.17. The molecule has 10 heteroatoms. The van der Waals surface area contributed by atoms with Crippen LogP contribution in [0.25, 0.3) is 5.65 Å². The quantitative estimate of drug-likeness (QED) is 0.556. The van der Waals surface area contributed by atoms with E-state index >= 15 is 0 Å². The van der Waals surface area contributed by atoms with Gasteiger partial charge >= 0.3 is 5.97 Å². The fourth-order valence-electron chi connectivity index (χ4n) is 5.22. The molecule has 0 bridgehead atoms. The SMILES string of the molecule is COC(=O)C1CCC(NC(=O)c2cnn3ccc(N4CCCC4c4cc(F)ccc4F)nc23)CC1. The third-order valence-corrected chi connectivity index (χ3v) is 7.06. The number of nitrogens with zero attached hydrogens (tertiary/aromatic N) is 4. The molecule has 5 rings (SSSR count). The van der Waals surface area contributed by atoms with Crippen molar-refractivity contribution in [2.45, 2.75) is 50.6 Å². The summed E-state index contributed by atoms with van der Waals surface area (Å²) in [5, 5.41) is 7.29. The number of benzene rings is 1. The van der Waals surface area contributed by atoms with Gasteiger partial charge < -0.3 is 15.0 Å². The van der Waals surface area contributed by atoms with E-state index in [9.17, 15) is 18.4 Å². The highest BCUT2D eigenvalue weighted by Crippen LogP contribution is 2.37. The lowest BCUT2D eigenvalue weighted by molar-refractivity contribution is -0.146. The zero-order chi connectivity index (χ0) is 24.5. The van der Waals surface area contributed by atoms with Crippen LogP contribution in [-0.2, 0) is 9.53 Å². The van der Waals surface area contributed by atoms with Crippen molar-refractivity contribution in [1.29, 1.82) is 0 Å². The third-order valence-electron chi connectivity index (χ3n) is 7.06. The standard InChI is InChI=1S/C25H27F2N5O3/c1-35-25(34)15-4-7-17(8-5-15)29-24(33)19-14-28-32-12-10-22(30-23(19)32)31-11-2-3-21(31)18-13-16(26)6-9-20(18)27/h6,9-10,12-15,17,21H,2-5,7-8,11H2,1H3,(H,29,33). The van der Waals surface area contributed by atoms with Gasteiger partial charge in [-0.3, -0.25) is 9.59 Å². The van der Waals surface area contributed by atoms with Gasteiger partial charge in [-0.2, -0.15) is 5.10 Å². The largest absolute Gasteiger partial charge is 0.469 e. The highest BCUT2D eigenvalue weighted by molar-refractivity contribution is 6.00. The molecule has 8 nitrogen and oxygen atoms in total. The first-order valence-corrected chi connectivity index (χ1v) is 11.9. The van der Waals surface area contributed by atoms with Gasteiger partial charge in [-0.1, -0.05) is 0 Å². The Balaban J connectivity index is 1.35. The first-order valence-electron chi connectivity index (χ1n) is 11.9. The van der Waals surface area contributed by atoms with Crippen molar-refractivity contribution in [3.05, 3.63) is 59.4 Å². The molecule has 1 saturated heterocycles. The molecule has 1 aromatic carbocycles. The molecular weight excluding hydrogens is 456 g/mol. The molecule has 0 radical (unpaired) electrons. The Morgan fingerprint density at radius 2 is 1.91 bits per heavy atom. The van der Waals surface area contributed by atoms with Crippen LogP contribution < -0.4 is 10.2 Å². The molecule has 184 valence electrons. The van der Waals surface area contributed by atoms with E-state index in [1.165, 1.54) is 23.9 Å². The van der Waals surface area contributed by atoms with E-state index in [0.29, 0.717) is 61.2 Å². The van der Waals surface area contributed by atoms with Gasteiger partial charge in [-0.15, -0.1) is 0 Å². The number of hydrogen-bond acceptors (Lipinski definition) is 6. The van der Waals surface area contributed by atoms with Crippen LogP contribution in [0, 0.1) is 17.6 Å². The molecule has 1 unspecified atom stereocenters. The van der Waals surface area contributed by atoms with Gasteiger partial charge in [0.05, 0.1) is 25.3 Å². The molecule has 2 aliphatic rings. The Bertz CT molecular complexity index is 1260. The molecule has 3 heterocycles. The number of amides is 1.